The molecule has 1 aromatic rings. The Kier molecular flexibility index (Phi) is 4.07. The molecule has 17 heavy (non-hydrogen) atoms. The van der Waals surface area contributed by atoms with E-state index in [0.717, 1.165) is 49.7 Å². The van der Waals surface area contributed by atoms with Crippen LogP contribution in [-0.4, -0.2) is 42.2 Å². The van der Waals surface area contributed by atoms with Crippen LogP contribution in [0.4, 0.5) is 0 Å². The number of aryl methyl sites for hydroxylation is 1. The molecular formula is C13H21N3O. The van der Waals surface area contributed by atoms with Crippen LogP contribution in [0.25, 0.3) is 0 Å². The summed E-state index contributed by atoms with van der Waals surface area (Å²) in [5.41, 5.74) is 3.32. The van der Waals surface area contributed by atoms with Gasteiger partial charge in [0.2, 0.25) is 0 Å². The van der Waals surface area contributed by atoms with Crippen LogP contribution in [0.2, 0.25) is 0 Å². The summed E-state index contributed by atoms with van der Waals surface area (Å²) < 4.78 is 5.45. The van der Waals surface area contributed by atoms with Gasteiger partial charge in [0.25, 0.3) is 0 Å². The fraction of sp³-hybridized carbons (Fsp3) is 0.692. The number of aromatic nitrogens is 2. The van der Waals surface area contributed by atoms with Gasteiger partial charge in [-0.15, -0.1) is 0 Å². The van der Waals surface area contributed by atoms with Crippen LogP contribution in [-0.2, 0) is 17.7 Å². The highest BCUT2D eigenvalue weighted by molar-refractivity contribution is 5.19. The van der Waals surface area contributed by atoms with E-state index in [1.165, 1.54) is 0 Å². The van der Waals surface area contributed by atoms with E-state index in [0.29, 0.717) is 5.92 Å². The molecule has 1 atom stereocenters. The molecule has 1 fully saturated rings. The van der Waals surface area contributed by atoms with Gasteiger partial charge in [0, 0.05) is 25.3 Å². The van der Waals surface area contributed by atoms with E-state index in [1.807, 2.05) is 6.20 Å². The van der Waals surface area contributed by atoms with Gasteiger partial charge in [0.1, 0.15) is 0 Å². The van der Waals surface area contributed by atoms with Gasteiger partial charge in [-0.05, 0) is 26.9 Å². The van der Waals surface area contributed by atoms with Crippen molar-refractivity contribution in [3.63, 3.8) is 0 Å². The molecule has 4 nitrogen and oxygen atoms in total. The highest BCUT2D eigenvalue weighted by Gasteiger charge is 2.23. The first-order valence-electron chi connectivity index (χ1n) is 6.28. The molecule has 1 aliphatic rings. The first-order chi connectivity index (χ1) is 8.20. The highest BCUT2D eigenvalue weighted by Crippen LogP contribution is 2.26. The number of rotatable bonds is 4. The van der Waals surface area contributed by atoms with Crippen molar-refractivity contribution in [2.75, 3.05) is 27.3 Å². The van der Waals surface area contributed by atoms with Gasteiger partial charge in [-0.25, -0.2) is 0 Å². The van der Waals surface area contributed by atoms with Crippen LogP contribution in [0.3, 0.4) is 0 Å². The Bertz CT molecular complexity index is 373. The zero-order valence-electron chi connectivity index (χ0n) is 10.9. The summed E-state index contributed by atoms with van der Waals surface area (Å²) in [5, 5.41) is 0. The van der Waals surface area contributed by atoms with Crippen LogP contribution in [0.15, 0.2) is 6.20 Å². The Morgan fingerprint density at radius 1 is 1.47 bits per heavy atom. The second kappa shape index (κ2) is 5.56. The average molecular weight is 235 g/mol. The molecular weight excluding hydrogens is 214 g/mol. The van der Waals surface area contributed by atoms with Crippen molar-refractivity contribution < 1.29 is 4.74 Å². The lowest BCUT2D eigenvalue weighted by Crippen LogP contribution is -2.17. The van der Waals surface area contributed by atoms with Crippen molar-refractivity contribution >= 4 is 0 Å². The van der Waals surface area contributed by atoms with Gasteiger partial charge in [0.05, 0.1) is 23.7 Å². The van der Waals surface area contributed by atoms with Crippen LogP contribution in [0.1, 0.15) is 36.3 Å². The number of ether oxygens (including phenoxy) is 1. The zero-order valence-corrected chi connectivity index (χ0v) is 10.9. The molecule has 4 heteroatoms. The fourth-order valence-electron chi connectivity index (χ4n) is 2.16. The lowest BCUT2D eigenvalue weighted by molar-refractivity contribution is 0.193. The minimum atomic E-state index is 0.434. The third-order valence-corrected chi connectivity index (χ3v) is 3.07. The molecule has 0 unspecified atom stereocenters. The van der Waals surface area contributed by atoms with Gasteiger partial charge in [-0.1, -0.05) is 6.92 Å². The third-order valence-electron chi connectivity index (χ3n) is 3.07. The molecule has 0 bridgehead atoms. The molecule has 0 radical (unpaired) electrons. The molecule has 1 aliphatic heterocycles. The van der Waals surface area contributed by atoms with Gasteiger partial charge in [-0.3, -0.25) is 9.97 Å². The molecule has 94 valence electrons. The van der Waals surface area contributed by atoms with Crippen molar-refractivity contribution in [2.45, 2.75) is 32.2 Å². The van der Waals surface area contributed by atoms with Crippen molar-refractivity contribution in [1.29, 1.82) is 0 Å². The van der Waals surface area contributed by atoms with Crippen LogP contribution in [0.5, 0.6) is 0 Å². The van der Waals surface area contributed by atoms with Crippen molar-refractivity contribution in [1.82, 2.24) is 14.9 Å². The van der Waals surface area contributed by atoms with Crippen LogP contribution >= 0.6 is 0 Å². The number of hydrogen-bond acceptors (Lipinski definition) is 4. The minimum Gasteiger partial charge on any atom is -0.381 e. The summed E-state index contributed by atoms with van der Waals surface area (Å²) in [4.78, 5) is 11.5. The Morgan fingerprint density at radius 3 is 2.88 bits per heavy atom. The predicted octanol–water partition coefficient (Wildman–Crippen LogP) is 1.60. The lowest BCUT2D eigenvalue weighted by atomic mass is 10.0. The number of hydrogen-bond donors (Lipinski definition) is 0. The van der Waals surface area contributed by atoms with Gasteiger partial charge < -0.3 is 9.64 Å². The second-order valence-electron chi connectivity index (χ2n) is 4.85. The quantitative estimate of drug-likeness (QED) is 0.794. The molecule has 2 heterocycles. The first kappa shape index (κ1) is 12.5. The molecule has 1 saturated heterocycles. The molecule has 0 aromatic carbocycles. The van der Waals surface area contributed by atoms with Crippen molar-refractivity contribution in [3.05, 3.63) is 23.3 Å². The normalized spacial score (nSPS) is 20.1. The highest BCUT2D eigenvalue weighted by atomic mass is 16.5. The monoisotopic (exact) mass is 235 g/mol. The molecule has 2 rings (SSSR count). The molecule has 0 aliphatic carbocycles. The predicted molar refractivity (Wildman–Crippen MR) is 67.0 cm³/mol. The third kappa shape index (κ3) is 3.01. The average Bonchev–Trinajstić information content (AvgIpc) is 2.81. The summed E-state index contributed by atoms with van der Waals surface area (Å²) in [6, 6.07) is 0. The topological polar surface area (TPSA) is 38.2 Å². The molecule has 1 aromatic heterocycles. The van der Waals surface area contributed by atoms with Gasteiger partial charge in [0.15, 0.2) is 0 Å². The Balaban J connectivity index is 2.28. The zero-order chi connectivity index (χ0) is 12.3. The van der Waals surface area contributed by atoms with E-state index in [-0.39, 0.29) is 0 Å². The van der Waals surface area contributed by atoms with Crippen LogP contribution in [0, 0.1) is 0 Å². The maximum absolute atomic E-state index is 5.45. The molecule has 0 N–H and O–H groups in total. The standard InChI is InChI=1S/C13H21N3O/c1-4-11-7-14-13(10-5-6-17-9-10)12(15-11)8-16(2)3/h7,10H,4-6,8-9H2,1-3H3/t10-/m0/s1. The largest absolute Gasteiger partial charge is 0.381 e. The minimum absolute atomic E-state index is 0.434. The van der Waals surface area contributed by atoms with E-state index >= 15 is 0 Å². The Hall–Kier alpha value is -1.00. The van der Waals surface area contributed by atoms with E-state index in [2.05, 4.69) is 30.9 Å². The first-order valence-corrected chi connectivity index (χ1v) is 6.28. The molecule has 0 spiro atoms. The van der Waals surface area contributed by atoms with E-state index < -0.39 is 0 Å². The maximum Gasteiger partial charge on any atom is 0.0765 e. The Labute approximate surface area is 103 Å². The van der Waals surface area contributed by atoms with Gasteiger partial charge in [-0.2, -0.15) is 0 Å². The van der Waals surface area contributed by atoms with E-state index in [4.69, 9.17) is 9.72 Å². The van der Waals surface area contributed by atoms with Crippen molar-refractivity contribution in [2.24, 2.45) is 0 Å². The molecule has 0 amide bonds. The fourth-order valence-corrected chi connectivity index (χ4v) is 2.16. The lowest BCUT2D eigenvalue weighted by Gasteiger charge is -2.16. The van der Waals surface area contributed by atoms with Crippen molar-refractivity contribution in [3.8, 4) is 0 Å². The van der Waals surface area contributed by atoms with Crippen LogP contribution < -0.4 is 0 Å². The van der Waals surface area contributed by atoms with E-state index in [9.17, 15) is 0 Å². The number of nitrogens with zero attached hydrogens (tertiary/aromatic N) is 3. The van der Waals surface area contributed by atoms with Gasteiger partial charge >= 0.3 is 0 Å². The maximum atomic E-state index is 5.45. The SMILES string of the molecule is CCc1cnc([C@H]2CCOC2)c(CN(C)C)n1. The Morgan fingerprint density at radius 2 is 2.29 bits per heavy atom. The summed E-state index contributed by atoms with van der Waals surface area (Å²) in [5.74, 6) is 0.434. The molecule has 0 saturated carbocycles. The smallest absolute Gasteiger partial charge is 0.0765 e. The second-order valence-corrected chi connectivity index (χ2v) is 4.85. The summed E-state index contributed by atoms with van der Waals surface area (Å²) in [7, 11) is 4.13. The van der Waals surface area contributed by atoms with E-state index in [1.54, 1.807) is 0 Å². The summed E-state index contributed by atoms with van der Waals surface area (Å²) in [6.07, 6.45) is 3.92. The summed E-state index contributed by atoms with van der Waals surface area (Å²) in [6.45, 7) is 4.61. The summed E-state index contributed by atoms with van der Waals surface area (Å²) >= 11 is 0.